The van der Waals surface area contributed by atoms with Gasteiger partial charge in [0.2, 0.25) is 0 Å². The fourth-order valence-electron chi connectivity index (χ4n) is 10.7. The van der Waals surface area contributed by atoms with E-state index in [4.69, 9.17) is 4.42 Å². The lowest BCUT2D eigenvalue weighted by Gasteiger charge is -2.29. The SMILES string of the molecule is CC(C)(C)c1cc(C(C)(C)C)c2oc3c(C(C)(C)C)cc(C(C)(C)C)c(-c4ccc(-n5c6ccccc6c6cc(-c7ccc8c(c7)c7ccccc7n8-c7ccccc7)ccc65)cc4)c3c2c1. The van der Waals surface area contributed by atoms with Crippen molar-refractivity contribution >= 4 is 65.6 Å². The molecule has 0 amide bonds. The molecule has 3 aromatic heterocycles. The summed E-state index contributed by atoms with van der Waals surface area (Å²) in [5.41, 5.74) is 18.8. The Balaban J connectivity index is 1.09. The molecule has 0 unspecified atom stereocenters. The Labute approximate surface area is 395 Å². The van der Waals surface area contributed by atoms with E-state index in [9.17, 15) is 0 Å². The predicted molar refractivity (Wildman–Crippen MR) is 288 cm³/mol. The summed E-state index contributed by atoms with van der Waals surface area (Å²) >= 11 is 0. The molecule has 0 atom stereocenters. The van der Waals surface area contributed by atoms with Crippen LogP contribution in [0.15, 0.2) is 162 Å². The fourth-order valence-corrected chi connectivity index (χ4v) is 10.7. The average molecular weight is 875 g/mol. The summed E-state index contributed by atoms with van der Waals surface area (Å²) in [7, 11) is 0. The Bertz CT molecular complexity index is 3750. The standard InChI is InChI=1S/C64H62N2O/c1-61(2,3)42-36-49-58-57(50(62(4,5)6)38-52(64(10,11)12)60(58)67-59(49)51(37-42)63(7,8)9)39-26-30-44(31-27-39)66-54-25-19-17-23-46(54)48-35-41(29-33-56(48)66)40-28-32-55-47(34-40)45-22-16-18-24-53(45)65(55)43-20-14-13-15-21-43/h13-38H,1-12H3. The first-order valence-electron chi connectivity index (χ1n) is 24.1. The largest absolute Gasteiger partial charge is 0.455 e. The molecule has 11 aromatic rings. The van der Waals surface area contributed by atoms with Gasteiger partial charge in [-0.15, -0.1) is 0 Å². The van der Waals surface area contributed by atoms with Crippen molar-refractivity contribution in [2.45, 2.75) is 105 Å². The van der Waals surface area contributed by atoms with Crippen LogP contribution in [0.3, 0.4) is 0 Å². The van der Waals surface area contributed by atoms with Crippen molar-refractivity contribution in [3.05, 3.63) is 180 Å². The second kappa shape index (κ2) is 14.8. The number of aromatic nitrogens is 2. The van der Waals surface area contributed by atoms with Gasteiger partial charge in [-0.05, 0) is 122 Å². The van der Waals surface area contributed by atoms with Crippen molar-refractivity contribution in [3.8, 4) is 33.6 Å². The lowest BCUT2D eigenvalue weighted by atomic mass is 9.74. The molecule has 0 aliphatic carbocycles. The van der Waals surface area contributed by atoms with Gasteiger partial charge in [-0.1, -0.05) is 174 Å². The molecule has 0 saturated carbocycles. The van der Waals surface area contributed by atoms with Gasteiger partial charge in [0.25, 0.3) is 0 Å². The van der Waals surface area contributed by atoms with Gasteiger partial charge < -0.3 is 13.6 Å². The van der Waals surface area contributed by atoms with E-state index in [1.165, 1.54) is 105 Å². The minimum Gasteiger partial charge on any atom is -0.455 e. The smallest absolute Gasteiger partial charge is 0.139 e. The van der Waals surface area contributed by atoms with Crippen molar-refractivity contribution in [2.75, 3.05) is 0 Å². The number of para-hydroxylation sites is 3. The van der Waals surface area contributed by atoms with Gasteiger partial charge in [-0.2, -0.15) is 0 Å². The minimum absolute atomic E-state index is 0.0327. The molecule has 0 bridgehead atoms. The van der Waals surface area contributed by atoms with Gasteiger partial charge in [0.1, 0.15) is 11.2 Å². The molecule has 0 aliphatic heterocycles. The monoisotopic (exact) mass is 874 g/mol. The van der Waals surface area contributed by atoms with Crippen LogP contribution in [0.5, 0.6) is 0 Å². The highest BCUT2D eigenvalue weighted by molar-refractivity contribution is 6.16. The number of benzene rings is 8. The highest BCUT2D eigenvalue weighted by atomic mass is 16.3. The van der Waals surface area contributed by atoms with Crippen molar-refractivity contribution in [3.63, 3.8) is 0 Å². The maximum absolute atomic E-state index is 7.24. The van der Waals surface area contributed by atoms with Crippen LogP contribution < -0.4 is 0 Å². The van der Waals surface area contributed by atoms with Gasteiger partial charge in [0.05, 0.1) is 22.1 Å². The fraction of sp³-hybridized carbons (Fsp3) is 0.250. The summed E-state index contributed by atoms with van der Waals surface area (Å²) in [5, 5.41) is 7.44. The number of hydrogen-bond donors (Lipinski definition) is 0. The first-order chi connectivity index (χ1) is 31.8. The Morgan fingerprint density at radius 3 is 1.28 bits per heavy atom. The Hall–Kier alpha value is -6.84. The first kappa shape index (κ1) is 42.8. The van der Waals surface area contributed by atoms with Crippen molar-refractivity contribution in [2.24, 2.45) is 0 Å². The molecule has 8 aromatic carbocycles. The summed E-state index contributed by atoms with van der Waals surface area (Å²) in [6.45, 7) is 27.9. The Morgan fingerprint density at radius 2 is 0.776 bits per heavy atom. The van der Waals surface area contributed by atoms with E-state index in [2.05, 4.69) is 250 Å². The van der Waals surface area contributed by atoms with Crippen molar-refractivity contribution < 1.29 is 4.42 Å². The molecule has 0 aliphatic rings. The van der Waals surface area contributed by atoms with Crippen molar-refractivity contribution in [1.29, 1.82) is 0 Å². The van der Waals surface area contributed by atoms with Gasteiger partial charge >= 0.3 is 0 Å². The van der Waals surface area contributed by atoms with Crippen LogP contribution in [0.1, 0.15) is 105 Å². The molecular formula is C64H62N2O. The summed E-state index contributed by atoms with van der Waals surface area (Å²) in [6.07, 6.45) is 0. The van der Waals surface area contributed by atoms with Crippen LogP contribution >= 0.6 is 0 Å². The highest BCUT2D eigenvalue weighted by Gasteiger charge is 2.33. The van der Waals surface area contributed by atoms with E-state index in [0.717, 1.165) is 16.9 Å². The lowest BCUT2D eigenvalue weighted by molar-refractivity contribution is 0.547. The number of nitrogens with zero attached hydrogens (tertiary/aromatic N) is 2. The first-order valence-corrected chi connectivity index (χ1v) is 24.1. The van der Waals surface area contributed by atoms with Gasteiger partial charge in [-0.3, -0.25) is 0 Å². The Kier molecular flexibility index (Phi) is 9.47. The van der Waals surface area contributed by atoms with E-state index >= 15 is 0 Å². The quantitative estimate of drug-likeness (QED) is 0.173. The molecule has 3 heterocycles. The molecule has 0 radical (unpaired) electrons. The number of furan rings is 1. The van der Waals surface area contributed by atoms with Gasteiger partial charge in [-0.25, -0.2) is 0 Å². The van der Waals surface area contributed by atoms with Crippen LogP contribution in [0.2, 0.25) is 0 Å². The third-order valence-corrected chi connectivity index (χ3v) is 14.2. The van der Waals surface area contributed by atoms with Crippen LogP contribution in [0, 0.1) is 0 Å². The second-order valence-corrected chi connectivity index (χ2v) is 23.1. The van der Waals surface area contributed by atoms with Gasteiger partial charge in [0, 0.05) is 54.8 Å². The zero-order valence-electron chi connectivity index (χ0n) is 41.3. The van der Waals surface area contributed by atoms with E-state index in [0.29, 0.717) is 0 Å². The molecular weight excluding hydrogens is 813 g/mol. The summed E-state index contributed by atoms with van der Waals surface area (Å²) in [6, 6.07) is 58.9. The third-order valence-electron chi connectivity index (χ3n) is 14.2. The average Bonchev–Trinajstić information content (AvgIpc) is 3.95. The highest BCUT2D eigenvalue weighted by Crippen LogP contribution is 2.50. The van der Waals surface area contributed by atoms with Crippen LogP contribution in [-0.4, -0.2) is 9.13 Å². The summed E-state index contributed by atoms with van der Waals surface area (Å²) in [5.74, 6) is 0. The van der Waals surface area contributed by atoms with Crippen molar-refractivity contribution in [1.82, 2.24) is 9.13 Å². The Morgan fingerprint density at radius 1 is 0.328 bits per heavy atom. The van der Waals surface area contributed by atoms with E-state index in [-0.39, 0.29) is 21.7 Å². The molecule has 11 rings (SSSR count). The van der Waals surface area contributed by atoms with E-state index in [1.54, 1.807) is 0 Å². The molecule has 0 saturated heterocycles. The van der Waals surface area contributed by atoms with Crippen LogP contribution in [0.4, 0.5) is 0 Å². The molecule has 67 heavy (non-hydrogen) atoms. The van der Waals surface area contributed by atoms with E-state index < -0.39 is 0 Å². The molecule has 0 N–H and O–H groups in total. The number of hydrogen-bond acceptors (Lipinski definition) is 1. The molecule has 334 valence electrons. The summed E-state index contributed by atoms with van der Waals surface area (Å²) in [4.78, 5) is 0. The maximum Gasteiger partial charge on any atom is 0.139 e. The number of rotatable bonds is 4. The minimum atomic E-state index is -0.131. The number of fused-ring (bicyclic) bond motifs is 9. The maximum atomic E-state index is 7.24. The molecule has 0 fully saturated rings. The van der Waals surface area contributed by atoms with E-state index in [1.807, 2.05) is 0 Å². The zero-order valence-corrected chi connectivity index (χ0v) is 41.3. The topological polar surface area (TPSA) is 23.0 Å². The van der Waals surface area contributed by atoms with Crippen LogP contribution in [0.25, 0.3) is 99.2 Å². The molecule has 0 spiro atoms. The second-order valence-electron chi connectivity index (χ2n) is 23.1. The molecule has 3 heteroatoms. The molecule has 3 nitrogen and oxygen atoms in total. The predicted octanol–water partition coefficient (Wildman–Crippen LogP) is 18.3. The third kappa shape index (κ3) is 6.92. The van der Waals surface area contributed by atoms with Crippen LogP contribution in [-0.2, 0) is 21.7 Å². The summed E-state index contributed by atoms with van der Waals surface area (Å²) < 4.78 is 12.1. The van der Waals surface area contributed by atoms with Gasteiger partial charge in [0.15, 0.2) is 0 Å². The normalized spacial score (nSPS) is 13.1. The lowest BCUT2D eigenvalue weighted by Crippen LogP contribution is -2.18. The zero-order chi connectivity index (χ0) is 46.9.